The van der Waals surface area contributed by atoms with Gasteiger partial charge in [-0.2, -0.15) is 0 Å². The lowest BCUT2D eigenvalue weighted by Gasteiger charge is -2.19. The van der Waals surface area contributed by atoms with Crippen LogP contribution < -0.4 is 5.32 Å². The summed E-state index contributed by atoms with van der Waals surface area (Å²) in [5.41, 5.74) is -1.72. The quantitative estimate of drug-likeness (QED) is 0.827. The highest BCUT2D eigenvalue weighted by atomic mass is 79.9. The van der Waals surface area contributed by atoms with Crippen LogP contribution in [0.5, 0.6) is 0 Å². The lowest BCUT2D eigenvalue weighted by molar-refractivity contribution is 0.186. The Morgan fingerprint density at radius 3 is 2.75 bits per heavy atom. The highest BCUT2D eigenvalue weighted by molar-refractivity contribution is 9.10. The molecular weight excluding hydrogens is 283 g/mol. The van der Waals surface area contributed by atoms with Crippen LogP contribution in [0, 0.1) is 11.6 Å². The molecule has 1 aliphatic rings. The minimum atomic E-state index is -1.54. The molecule has 0 radical (unpaired) electrons. The summed E-state index contributed by atoms with van der Waals surface area (Å²) < 4.78 is 41.3. The lowest BCUT2D eigenvalue weighted by Crippen LogP contribution is -2.29. The summed E-state index contributed by atoms with van der Waals surface area (Å²) in [7, 11) is 0. The molecule has 1 fully saturated rings. The molecule has 5 heteroatoms. The van der Waals surface area contributed by atoms with Crippen LogP contribution in [0.15, 0.2) is 16.6 Å². The van der Waals surface area contributed by atoms with E-state index >= 15 is 0 Å². The number of rotatable bonds is 2. The van der Waals surface area contributed by atoms with Crippen molar-refractivity contribution in [1.29, 1.82) is 0 Å². The summed E-state index contributed by atoms with van der Waals surface area (Å²) in [5.74, 6) is -1.39. The van der Waals surface area contributed by atoms with Crippen molar-refractivity contribution in [3.63, 3.8) is 0 Å². The van der Waals surface area contributed by atoms with Gasteiger partial charge in [-0.1, -0.05) is 0 Å². The molecule has 1 atom stereocenters. The van der Waals surface area contributed by atoms with Gasteiger partial charge in [0.2, 0.25) is 0 Å². The molecule has 1 aliphatic heterocycles. The van der Waals surface area contributed by atoms with Crippen molar-refractivity contribution >= 4 is 15.9 Å². The van der Waals surface area contributed by atoms with Crippen LogP contribution in [-0.2, 0) is 6.42 Å². The molecule has 0 saturated carbocycles. The number of alkyl halides is 1. The summed E-state index contributed by atoms with van der Waals surface area (Å²) in [6.45, 7) is 0.701. The van der Waals surface area contributed by atoms with Crippen molar-refractivity contribution < 1.29 is 13.2 Å². The second-order valence-electron chi connectivity index (χ2n) is 4.08. The van der Waals surface area contributed by atoms with Crippen molar-refractivity contribution in [3.8, 4) is 0 Å². The summed E-state index contributed by atoms with van der Waals surface area (Å²) in [4.78, 5) is 0. The van der Waals surface area contributed by atoms with E-state index in [1.165, 1.54) is 6.07 Å². The van der Waals surface area contributed by atoms with E-state index in [9.17, 15) is 13.2 Å². The standard InChI is InChI=1S/C11H11BrF3N/c12-8-1-2-9(13)7(10(8)14)5-11(15)3-4-16-6-11/h1-2,16H,3-6H2. The van der Waals surface area contributed by atoms with Crippen LogP contribution in [-0.4, -0.2) is 18.8 Å². The average Bonchev–Trinajstić information content (AvgIpc) is 2.66. The van der Waals surface area contributed by atoms with Gasteiger partial charge in [-0.15, -0.1) is 0 Å². The number of benzene rings is 1. The van der Waals surface area contributed by atoms with E-state index < -0.39 is 17.3 Å². The Labute approximate surface area is 100 Å². The zero-order valence-corrected chi connectivity index (χ0v) is 10.1. The molecule has 88 valence electrons. The number of nitrogens with one attached hydrogen (secondary N) is 1. The Hall–Kier alpha value is -0.550. The van der Waals surface area contributed by atoms with E-state index in [1.807, 2.05) is 0 Å². The molecule has 1 nitrogen and oxygen atoms in total. The van der Waals surface area contributed by atoms with Gasteiger partial charge in [-0.3, -0.25) is 0 Å². The Morgan fingerprint density at radius 2 is 2.12 bits per heavy atom. The molecule has 16 heavy (non-hydrogen) atoms. The predicted molar refractivity (Wildman–Crippen MR) is 59.1 cm³/mol. The van der Waals surface area contributed by atoms with Gasteiger partial charge in [-0.05, 0) is 41.0 Å². The number of hydrogen-bond acceptors (Lipinski definition) is 1. The van der Waals surface area contributed by atoms with Gasteiger partial charge in [0.05, 0.1) is 4.47 Å². The topological polar surface area (TPSA) is 12.0 Å². The molecule has 0 aromatic heterocycles. The molecule has 0 spiro atoms. The van der Waals surface area contributed by atoms with Crippen LogP contribution in [0.3, 0.4) is 0 Å². The van der Waals surface area contributed by atoms with Crippen LogP contribution in [0.25, 0.3) is 0 Å². The number of halogens is 4. The molecule has 0 bridgehead atoms. The molecule has 0 amide bonds. The van der Waals surface area contributed by atoms with Gasteiger partial charge in [0.1, 0.15) is 17.3 Å². The van der Waals surface area contributed by atoms with E-state index in [0.717, 1.165) is 6.07 Å². The van der Waals surface area contributed by atoms with Crippen LogP contribution in [0.4, 0.5) is 13.2 Å². The Morgan fingerprint density at radius 1 is 1.38 bits per heavy atom. The van der Waals surface area contributed by atoms with E-state index in [2.05, 4.69) is 21.2 Å². The zero-order chi connectivity index (χ0) is 11.8. The molecule has 1 N–H and O–H groups in total. The smallest absolute Gasteiger partial charge is 0.143 e. The maximum Gasteiger partial charge on any atom is 0.143 e. The molecule has 1 saturated heterocycles. The van der Waals surface area contributed by atoms with Crippen LogP contribution in [0.2, 0.25) is 0 Å². The normalized spacial score (nSPS) is 25.0. The Kier molecular flexibility index (Phi) is 3.26. The van der Waals surface area contributed by atoms with Crippen molar-refractivity contribution in [2.45, 2.75) is 18.5 Å². The SMILES string of the molecule is Fc1ccc(Br)c(F)c1CC1(F)CCNC1. The van der Waals surface area contributed by atoms with Crippen molar-refractivity contribution in [2.24, 2.45) is 0 Å². The van der Waals surface area contributed by atoms with Crippen molar-refractivity contribution in [2.75, 3.05) is 13.1 Å². The van der Waals surface area contributed by atoms with Crippen molar-refractivity contribution in [1.82, 2.24) is 5.32 Å². The summed E-state index contributed by atoms with van der Waals surface area (Å²) in [6.07, 6.45) is 0.0650. The molecule has 1 heterocycles. The minimum Gasteiger partial charge on any atom is -0.313 e. The fraction of sp³-hybridized carbons (Fsp3) is 0.455. The second-order valence-corrected chi connectivity index (χ2v) is 4.93. The monoisotopic (exact) mass is 293 g/mol. The molecular formula is C11H11BrF3N. The Balaban J connectivity index is 2.30. The first-order chi connectivity index (χ1) is 7.52. The minimum absolute atomic E-state index is 0.151. The summed E-state index contributed by atoms with van der Waals surface area (Å²) in [5, 5.41) is 2.86. The van der Waals surface area contributed by atoms with Gasteiger partial charge >= 0.3 is 0 Å². The molecule has 1 unspecified atom stereocenters. The average molecular weight is 294 g/mol. The summed E-state index contributed by atoms with van der Waals surface area (Å²) >= 11 is 2.97. The molecule has 1 aromatic rings. The Bertz CT molecular complexity index is 402. The number of hydrogen-bond donors (Lipinski definition) is 1. The van der Waals surface area contributed by atoms with Gasteiger partial charge < -0.3 is 5.32 Å². The fourth-order valence-corrected chi connectivity index (χ4v) is 2.28. The highest BCUT2D eigenvalue weighted by Crippen LogP contribution is 2.30. The van der Waals surface area contributed by atoms with Crippen LogP contribution in [0.1, 0.15) is 12.0 Å². The van der Waals surface area contributed by atoms with Crippen LogP contribution >= 0.6 is 15.9 Å². The highest BCUT2D eigenvalue weighted by Gasteiger charge is 2.35. The second kappa shape index (κ2) is 4.37. The third-order valence-electron chi connectivity index (χ3n) is 2.82. The van der Waals surface area contributed by atoms with Gasteiger partial charge in [-0.25, -0.2) is 13.2 Å². The predicted octanol–water partition coefficient (Wildman–Crippen LogP) is 2.97. The van der Waals surface area contributed by atoms with Gasteiger partial charge in [0.15, 0.2) is 0 Å². The largest absolute Gasteiger partial charge is 0.313 e. The van der Waals surface area contributed by atoms with Gasteiger partial charge in [0, 0.05) is 18.5 Å². The molecule has 1 aromatic carbocycles. The fourth-order valence-electron chi connectivity index (χ4n) is 1.91. The maximum absolute atomic E-state index is 14.1. The third-order valence-corrected chi connectivity index (χ3v) is 3.44. The van der Waals surface area contributed by atoms with E-state index in [-0.39, 0.29) is 23.0 Å². The first-order valence-corrected chi connectivity index (χ1v) is 5.83. The van der Waals surface area contributed by atoms with Crippen molar-refractivity contribution in [3.05, 3.63) is 33.8 Å². The maximum atomic E-state index is 14.1. The lowest BCUT2D eigenvalue weighted by atomic mass is 9.95. The first kappa shape index (κ1) is 11.9. The van der Waals surface area contributed by atoms with E-state index in [0.29, 0.717) is 13.0 Å². The first-order valence-electron chi connectivity index (χ1n) is 5.04. The zero-order valence-electron chi connectivity index (χ0n) is 8.49. The third kappa shape index (κ3) is 2.25. The van der Waals surface area contributed by atoms with Gasteiger partial charge in [0.25, 0.3) is 0 Å². The molecule has 0 aliphatic carbocycles. The summed E-state index contributed by atoms with van der Waals surface area (Å²) in [6, 6.07) is 2.43. The van der Waals surface area contributed by atoms with E-state index in [1.54, 1.807) is 0 Å². The molecule has 2 rings (SSSR count). The van der Waals surface area contributed by atoms with E-state index in [4.69, 9.17) is 0 Å².